The molecule has 2 rings (SSSR count). The third kappa shape index (κ3) is 6.97. The van der Waals surface area contributed by atoms with Crippen molar-refractivity contribution in [2.75, 3.05) is 12.4 Å². The highest BCUT2D eigenvalue weighted by Crippen LogP contribution is 2.09. The van der Waals surface area contributed by atoms with Crippen LogP contribution in [0.1, 0.15) is 43.7 Å². The van der Waals surface area contributed by atoms with Crippen molar-refractivity contribution in [2.45, 2.75) is 39.2 Å². The number of ether oxygens (including phenoxy) is 1. The minimum atomic E-state index is -0.0259. The van der Waals surface area contributed by atoms with Crippen molar-refractivity contribution in [1.82, 2.24) is 5.32 Å². The number of amidine groups is 1. The molecule has 0 saturated carbocycles. The van der Waals surface area contributed by atoms with Crippen molar-refractivity contribution in [3.05, 3.63) is 35.4 Å². The first-order valence-corrected chi connectivity index (χ1v) is 8.97. The highest BCUT2D eigenvalue weighted by Gasteiger charge is 2.15. The van der Waals surface area contributed by atoms with Gasteiger partial charge in [0, 0.05) is 6.61 Å². The van der Waals surface area contributed by atoms with Gasteiger partial charge in [-0.15, -0.1) is 5.10 Å². The Labute approximate surface area is 141 Å². The van der Waals surface area contributed by atoms with E-state index < -0.39 is 0 Å². The summed E-state index contributed by atoms with van der Waals surface area (Å²) < 4.78 is 5.70. The topological polar surface area (TPSA) is 63.1 Å². The lowest BCUT2D eigenvalue weighted by molar-refractivity contribution is -0.116. The molecule has 1 heterocycles. The molecule has 0 unspecified atom stereocenters. The van der Waals surface area contributed by atoms with Gasteiger partial charge in [-0.2, -0.15) is 5.10 Å². The molecule has 1 amide bonds. The van der Waals surface area contributed by atoms with Crippen LogP contribution in [0.15, 0.2) is 34.5 Å². The second kappa shape index (κ2) is 10.2. The third-order valence-electron chi connectivity index (χ3n) is 3.30. The maximum Gasteiger partial charge on any atom is 0.236 e. The molecule has 1 saturated heterocycles. The molecular weight excluding hydrogens is 310 g/mol. The van der Waals surface area contributed by atoms with Crippen LogP contribution in [0.5, 0.6) is 0 Å². The van der Waals surface area contributed by atoms with Crippen LogP contribution in [-0.2, 0) is 16.1 Å². The minimum absolute atomic E-state index is 0.0259. The lowest BCUT2D eigenvalue weighted by Crippen LogP contribution is -2.19. The van der Waals surface area contributed by atoms with Crippen molar-refractivity contribution < 1.29 is 9.53 Å². The lowest BCUT2D eigenvalue weighted by atomic mass is 10.1. The van der Waals surface area contributed by atoms with Crippen molar-refractivity contribution >= 4 is 29.1 Å². The van der Waals surface area contributed by atoms with E-state index in [-0.39, 0.29) is 5.91 Å². The SMILES string of the molecule is CCCCCCOCc1cccc(C=NN=C2NC(=O)CS2)c1. The van der Waals surface area contributed by atoms with Crippen LogP contribution in [0, 0.1) is 0 Å². The monoisotopic (exact) mass is 333 g/mol. The Balaban J connectivity index is 1.76. The predicted octanol–water partition coefficient (Wildman–Crippen LogP) is 3.34. The summed E-state index contributed by atoms with van der Waals surface area (Å²) in [4.78, 5) is 11.0. The number of hydrogen-bond donors (Lipinski definition) is 1. The number of nitrogens with zero attached hydrogens (tertiary/aromatic N) is 2. The van der Waals surface area contributed by atoms with E-state index >= 15 is 0 Å². The fourth-order valence-electron chi connectivity index (χ4n) is 2.11. The van der Waals surface area contributed by atoms with Gasteiger partial charge in [-0.25, -0.2) is 0 Å². The summed E-state index contributed by atoms with van der Waals surface area (Å²) in [5.74, 6) is 0.390. The summed E-state index contributed by atoms with van der Waals surface area (Å²) in [6.45, 7) is 3.63. The van der Waals surface area contributed by atoms with Crippen molar-refractivity contribution in [3.63, 3.8) is 0 Å². The Morgan fingerprint density at radius 1 is 1.35 bits per heavy atom. The third-order valence-corrected chi connectivity index (χ3v) is 4.17. The van der Waals surface area contributed by atoms with E-state index in [1.165, 1.54) is 31.0 Å². The summed E-state index contributed by atoms with van der Waals surface area (Å²) in [5, 5.41) is 11.2. The predicted molar refractivity (Wildman–Crippen MR) is 95.9 cm³/mol. The van der Waals surface area contributed by atoms with E-state index in [2.05, 4.69) is 22.4 Å². The van der Waals surface area contributed by atoms with Crippen LogP contribution in [0.25, 0.3) is 0 Å². The average molecular weight is 333 g/mol. The molecule has 1 fully saturated rings. The quantitative estimate of drug-likeness (QED) is 0.428. The van der Waals surface area contributed by atoms with Crippen LogP contribution in [0.4, 0.5) is 0 Å². The fourth-order valence-corrected chi connectivity index (χ4v) is 2.74. The summed E-state index contributed by atoms with van der Waals surface area (Å²) in [7, 11) is 0. The molecule has 0 bridgehead atoms. The van der Waals surface area contributed by atoms with Crippen LogP contribution >= 0.6 is 11.8 Å². The Morgan fingerprint density at radius 2 is 2.26 bits per heavy atom. The summed E-state index contributed by atoms with van der Waals surface area (Å²) in [6.07, 6.45) is 6.56. The summed E-state index contributed by atoms with van der Waals surface area (Å²) in [6, 6.07) is 8.03. The van der Waals surface area contributed by atoms with Gasteiger partial charge in [-0.05, 0) is 23.6 Å². The maximum absolute atomic E-state index is 11.0. The Hall–Kier alpha value is -1.66. The van der Waals surface area contributed by atoms with Gasteiger partial charge in [0.05, 0.1) is 18.6 Å². The summed E-state index contributed by atoms with van der Waals surface area (Å²) in [5.41, 5.74) is 2.09. The molecule has 0 radical (unpaired) electrons. The average Bonchev–Trinajstić information content (AvgIpc) is 2.97. The number of benzene rings is 1. The summed E-state index contributed by atoms with van der Waals surface area (Å²) >= 11 is 1.36. The van der Waals surface area contributed by atoms with Gasteiger partial charge in [-0.3, -0.25) is 4.79 Å². The van der Waals surface area contributed by atoms with Crippen LogP contribution < -0.4 is 5.32 Å². The van der Waals surface area contributed by atoms with Gasteiger partial charge in [0.25, 0.3) is 0 Å². The first-order valence-electron chi connectivity index (χ1n) is 7.98. The van der Waals surface area contributed by atoms with E-state index in [0.29, 0.717) is 17.5 Å². The zero-order valence-electron chi connectivity index (χ0n) is 13.5. The van der Waals surface area contributed by atoms with Crippen molar-refractivity contribution in [3.8, 4) is 0 Å². The largest absolute Gasteiger partial charge is 0.377 e. The van der Waals surface area contributed by atoms with Crippen LogP contribution in [0.3, 0.4) is 0 Å². The molecule has 1 N–H and O–H groups in total. The van der Waals surface area contributed by atoms with Gasteiger partial charge >= 0.3 is 0 Å². The Bertz CT molecular complexity index is 573. The highest BCUT2D eigenvalue weighted by molar-refractivity contribution is 8.15. The second-order valence-electron chi connectivity index (χ2n) is 5.34. The molecule has 5 nitrogen and oxygen atoms in total. The van der Waals surface area contributed by atoms with E-state index in [1.54, 1.807) is 6.21 Å². The molecule has 1 aliphatic heterocycles. The maximum atomic E-state index is 11.0. The highest BCUT2D eigenvalue weighted by atomic mass is 32.2. The molecule has 0 spiro atoms. The zero-order valence-corrected chi connectivity index (χ0v) is 14.3. The van der Waals surface area contributed by atoms with Crippen LogP contribution in [-0.4, -0.2) is 29.6 Å². The van der Waals surface area contributed by atoms with E-state index in [4.69, 9.17) is 4.74 Å². The molecule has 0 aliphatic carbocycles. The number of amides is 1. The smallest absolute Gasteiger partial charge is 0.236 e. The number of carbonyl (C=O) groups excluding carboxylic acids is 1. The molecule has 6 heteroatoms. The first-order chi connectivity index (χ1) is 11.3. The molecule has 1 aromatic rings. The normalized spacial score (nSPS) is 16.4. The fraction of sp³-hybridized carbons (Fsp3) is 0.471. The number of unbranched alkanes of at least 4 members (excludes halogenated alkanes) is 3. The molecule has 1 aromatic carbocycles. The molecule has 0 atom stereocenters. The van der Waals surface area contributed by atoms with Gasteiger partial charge < -0.3 is 10.1 Å². The lowest BCUT2D eigenvalue weighted by Gasteiger charge is -2.05. The van der Waals surface area contributed by atoms with Crippen LogP contribution in [0.2, 0.25) is 0 Å². The van der Waals surface area contributed by atoms with E-state index in [1.807, 2.05) is 24.3 Å². The van der Waals surface area contributed by atoms with Gasteiger partial charge in [0.15, 0.2) is 5.17 Å². The number of thioether (sulfide) groups is 1. The number of hydrogen-bond acceptors (Lipinski definition) is 5. The molecular formula is C17H23N3O2S. The molecule has 23 heavy (non-hydrogen) atoms. The van der Waals surface area contributed by atoms with E-state index in [9.17, 15) is 4.79 Å². The first kappa shape index (κ1) is 17.7. The number of nitrogens with one attached hydrogen (secondary N) is 1. The molecule has 1 aliphatic rings. The van der Waals surface area contributed by atoms with Gasteiger partial charge in [-0.1, -0.05) is 56.1 Å². The zero-order chi connectivity index (χ0) is 16.3. The number of rotatable bonds is 9. The number of carbonyl (C=O) groups is 1. The van der Waals surface area contributed by atoms with Gasteiger partial charge in [0.1, 0.15) is 0 Å². The van der Waals surface area contributed by atoms with E-state index in [0.717, 1.165) is 24.2 Å². The molecule has 0 aromatic heterocycles. The molecule has 124 valence electrons. The standard InChI is InChI=1S/C17H23N3O2S/c1-2-3-4-5-9-22-12-15-8-6-7-14(10-15)11-18-20-17-19-16(21)13-23-17/h6-8,10-11H,2-5,9,12-13H2,1H3,(H,19,20,21). The Morgan fingerprint density at radius 3 is 3.04 bits per heavy atom. The van der Waals surface area contributed by atoms with Crippen molar-refractivity contribution in [2.24, 2.45) is 10.2 Å². The van der Waals surface area contributed by atoms with Gasteiger partial charge in [0.2, 0.25) is 5.91 Å². The van der Waals surface area contributed by atoms with Crippen molar-refractivity contribution in [1.29, 1.82) is 0 Å². The minimum Gasteiger partial charge on any atom is -0.377 e. The Kier molecular flexibility index (Phi) is 7.83. The second-order valence-corrected chi connectivity index (χ2v) is 6.31.